The maximum atomic E-state index is 11.9. The van der Waals surface area contributed by atoms with Crippen LogP contribution in [-0.4, -0.2) is 22.9 Å². The van der Waals surface area contributed by atoms with E-state index in [-0.39, 0.29) is 11.9 Å². The van der Waals surface area contributed by atoms with Crippen molar-refractivity contribution in [2.24, 2.45) is 0 Å². The number of hydrogen-bond donors (Lipinski definition) is 2. The van der Waals surface area contributed by atoms with Gasteiger partial charge in [0, 0.05) is 13.5 Å². The molecule has 0 atom stereocenters. The molecule has 0 aliphatic carbocycles. The van der Waals surface area contributed by atoms with Crippen molar-refractivity contribution in [3.05, 3.63) is 52.8 Å². The van der Waals surface area contributed by atoms with Gasteiger partial charge in [-0.2, -0.15) is 0 Å². The number of nitrogens with two attached hydrogens (primary N) is 1. The van der Waals surface area contributed by atoms with Crippen molar-refractivity contribution in [3.8, 4) is 0 Å². The molecule has 0 spiro atoms. The van der Waals surface area contributed by atoms with E-state index in [1.165, 1.54) is 0 Å². The van der Waals surface area contributed by atoms with Gasteiger partial charge in [0.05, 0.1) is 17.0 Å². The van der Waals surface area contributed by atoms with Crippen molar-refractivity contribution in [1.29, 1.82) is 0 Å². The first kappa shape index (κ1) is 13.0. The zero-order valence-electron chi connectivity index (χ0n) is 11.0. The van der Waals surface area contributed by atoms with Crippen LogP contribution in [-0.2, 0) is 6.42 Å². The molecule has 1 heterocycles. The number of rotatable bonds is 3. The van der Waals surface area contributed by atoms with Crippen molar-refractivity contribution < 1.29 is 4.79 Å². The molecule has 0 unspecified atom stereocenters. The van der Waals surface area contributed by atoms with Gasteiger partial charge in [-0.3, -0.25) is 4.79 Å². The Labute approximate surface area is 111 Å². The minimum absolute atomic E-state index is 0.191. The van der Waals surface area contributed by atoms with Crippen molar-refractivity contribution >= 4 is 11.9 Å². The highest BCUT2D eigenvalue weighted by Crippen LogP contribution is 2.16. The molecule has 1 aromatic heterocycles. The average Bonchev–Trinajstić information content (AvgIpc) is 2.38. The summed E-state index contributed by atoms with van der Waals surface area (Å²) in [4.78, 5) is 20.2. The standard InChI is InChI=1S/C14H16N4O/c1-9-12(13(19)16-2)11(18-14(15)17-9)8-10-6-4-3-5-7-10/h3-7H,8H2,1-2H3,(H,16,19)(H2,15,17,18). The van der Waals surface area contributed by atoms with Gasteiger partial charge in [0.25, 0.3) is 5.91 Å². The molecule has 0 saturated carbocycles. The van der Waals surface area contributed by atoms with Crippen LogP contribution in [0.25, 0.3) is 0 Å². The van der Waals surface area contributed by atoms with Crippen molar-refractivity contribution in [1.82, 2.24) is 15.3 Å². The Morgan fingerprint density at radius 1 is 1.26 bits per heavy atom. The quantitative estimate of drug-likeness (QED) is 0.867. The van der Waals surface area contributed by atoms with Crippen molar-refractivity contribution in [2.75, 3.05) is 12.8 Å². The third-order valence-corrected chi connectivity index (χ3v) is 2.85. The van der Waals surface area contributed by atoms with E-state index in [1.54, 1.807) is 14.0 Å². The third-order valence-electron chi connectivity index (χ3n) is 2.85. The summed E-state index contributed by atoms with van der Waals surface area (Å²) in [5.41, 5.74) is 8.49. The second-order valence-electron chi connectivity index (χ2n) is 4.23. The van der Waals surface area contributed by atoms with Gasteiger partial charge in [-0.25, -0.2) is 9.97 Å². The second-order valence-corrected chi connectivity index (χ2v) is 4.23. The molecule has 0 bridgehead atoms. The van der Waals surface area contributed by atoms with E-state index >= 15 is 0 Å². The Bertz CT molecular complexity index is 596. The van der Waals surface area contributed by atoms with Crippen molar-refractivity contribution in [2.45, 2.75) is 13.3 Å². The van der Waals surface area contributed by atoms with Crippen LogP contribution in [0, 0.1) is 6.92 Å². The number of hydrogen-bond acceptors (Lipinski definition) is 4. The lowest BCUT2D eigenvalue weighted by Gasteiger charge is -2.11. The summed E-state index contributed by atoms with van der Waals surface area (Å²) >= 11 is 0. The third kappa shape index (κ3) is 2.88. The van der Waals surface area contributed by atoms with Gasteiger partial charge in [0.2, 0.25) is 5.95 Å². The highest BCUT2D eigenvalue weighted by atomic mass is 16.1. The number of amides is 1. The SMILES string of the molecule is CNC(=O)c1c(C)nc(N)nc1Cc1ccccc1. The molecular weight excluding hydrogens is 240 g/mol. The monoisotopic (exact) mass is 256 g/mol. The van der Waals surface area contributed by atoms with E-state index in [0.29, 0.717) is 23.4 Å². The molecule has 0 fully saturated rings. The first-order valence-electron chi connectivity index (χ1n) is 6.01. The summed E-state index contributed by atoms with van der Waals surface area (Å²) in [6.45, 7) is 1.76. The zero-order chi connectivity index (χ0) is 13.8. The molecule has 0 aliphatic rings. The number of aromatic nitrogens is 2. The molecule has 1 aromatic carbocycles. The fourth-order valence-electron chi connectivity index (χ4n) is 1.99. The highest BCUT2D eigenvalue weighted by Gasteiger charge is 2.17. The minimum atomic E-state index is -0.191. The lowest BCUT2D eigenvalue weighted by molar-refractivity contribution is 0.0961. The van der Waals surface area contributed by atoms with E-state index in [1.807, 2.05) is 30.3 Å². The van der Waals surface area contributed by atoms with Crippen molar-refractivity contribution in [3.63, 3.8) is 0 Å². The average molecular weight is 256 g/mol. The van der Waals surface area contributed by atoms with Gasteiger partial charge in [-0.05, 0) is 12.5 Å². The first-order valence-corrected chi connectivity index (χ1v) is 6.01. The van der Waals surface area contributed by atoms with E-state index in [4.69, 9.17) is 5.73 Å². The van der Waals surface area contributed by atoms with E-state index in [0.717, 1.165) is 5.56 Å². The largest absolute Gasteiger partial charge is 0.368 e. The Kier molecular flexibility index (Phi) is 3.75. The second kappa shape index (κ2) is 5.48. The van der Waals surface area contributed by atoms with Crippen LogP contribution >= 0.6 is 0 Å². The van der Waals surface area contributed by atoms with Crippen LogP contribution < -0.4 is 11.1 Å². The van der Waals surface area contributed by atoms with Crippen LogP contribution in [0.2, 0.25) is 0 Å². The van der Waals surface area contributed by atoms with Gasteiger partial charge in [0.1, 0.15) is 0 Å². The number of nitrogens with zero attached hydrogens (tertiary/aromatic N) is 2. The Morgan fingerprint density at radius 2 is 1.95 bits per heavy atom. The molecule has 98 valence electrons. The molecule has 0 aliphatic heterocycles. The van der Waals surface area contributed by atoms with E-state index in [9.17, 15) is 4.79 Å². The predicted octanol–water partition coefficient (Wildman–Crippen LogP) is 1.32. The van der Waals surface area contributed by atoms with Gasteiger partial charge < -0.3 is 11.1 Å². The van der Waals surface area contributed by atoms with Crippen LogP contribution in [0.4, 0.5) is 5.95 Å². The summed E-state index contributed by atoms with van der Waals surface area (Å²) < 4.78 is 0. The topological polar surface area (TPSA) is 80.9 Å². The van der Waals surface area contributed by atoms with Crippen LogP contribution in [0.5, 0.6) is 0 Å². The summed E-state index contributed by atoms with van der Waals surface area (Å²) in [5.74, 6) is -0.000449. The van der Waals surface area contributed by atoms with Crippen LogP contribution in [0.15, 0.2) is 30.3 Å². The van der Waals surface area contributed by atoms with Gasteiger partial charge >= 0.3 is 0 Å². The maximum absolute atomic E-state index is 11.9. The smallest absolute Gasteiger partial charge is 0.254 e. The molecule has 19 heavy (non-hydrogen) atoms. The fraction of sp³-hybridized carbons (Fsp3) is 0.214. The van der Waals surface area contributed by atoms with Gasteiger partial charge in [-0.1, -0.05) is 30.3 Å². The first-order chi connectivity index (χ1) is 9.11. The van der Waals surface area contributed by atoms with Crippen LogP contribution in [0.3, 0.4) is 0 Å². The number of nitrogen functional groups attached to an aromatic ring is 1. The number of carbonyl (C=O) groups excluding carboxylic acids is 1. The molecule has 3 N–H and O–H groups in total. The fourth-order valence-corrected chi connectivity index (χ4v) is 1.99. The lowest BCUT2D eigenvalue weighted by Crippen LogP contribution is -2.23. The lowest BCUT2D eigenvalue weighted by atomic mass is 10.0. The Morgan fingerprint density at radius 3 is 2.58 bits per heavy atom. The molecule has 0 radical (unpaired) electrons. The number of carbonyl (C=O) groups is 1. The molecule has 2 aromatic rings. The summed E-state index contributed by atoms with van der Waals surface area (Å²) in [7, 11) is 1.59. The normalized spacial score (nSPS) is 10.2. The summed E-state index contributed by atoms with van der Waals surface area (Å²) in [5, 5.41) is 2.61. The Hall–Kier alpha value is -2.43. The summed E-state index contributed by atoms with van der Waals surface area (Å²) in [6.07, 6.45) is 0.553. The molecular formula is C14H16N4O. The number of benzene rings is 1. The van der Waals surface area contributed by atoms with E-state index < -0.39 is 0 Å². The van der Waals surface area contributed by atoms with E-state index in [2.05, 4.69) is 15.3 Å². The summed E-state index contributed by atoms with van der Waals surface area (Å²) in [6, 6.07) is 9.82. The van der Waals surface area contributed by atoms with Crippen LogP contribution in [0.1, 0.15) is 27.3 Å². The molecule has 5 heteroatoms. The molecule has 2 rings (SSSR count). The Balaban J connectivity index is 2.46. The molecule has 0 saturated heterocycles. The molecule has 5 nitrogen and oxygen atoms in total. The number of anilines is 1. The number of aryl methyl sites for hydroxylation is 1. The predicted molar refractivity (Wildman–Crippen MR) is 73.8 cm³/mol. The van der Waals surface area contributed by atoms with Gasteiger partial charge in [-0.15, -0.1) is 0 Å². The highest BCUT2D eigenvalue weighted by molar-refractivity contribution is 5.96. The van der Waals surface area contributed by atoms with Gasteiger partial charge in [0.15, 0.2) is 0 Å². The molecule has 1 amide bonds. The maximum Gasteiger partial charge on any atom is 0.254 e. The number of nitrogens with one attached hydrogen (secondary N) is 1. The minimum Gasteiger partial charge on any atom is -0.368 e. The zero-order valence-corrected chi connectivity index (χ0v) is 11.0.